The number of carbonyl (C=O) groups excluding carboxylic acids is 1. The largest absolute Gasteiger partial charge is 0.394 e. The summed E-state index contributed by atoms with van der Waals surface area (Å²) in [5.74, 6) is -0.0129. The van der Waals surface area contributed by atoms with Gasteiger partial charge in [0.05, 0.1) is 29.9 Å². The van der Waals surface area contributed by atoms with E-state index in [-0.39, 0.29) is 18.6 Å². The van der Waals surface area contributed by atoms with Crippen molar-refractivity contribution in [3.63, 3.8) is 0 Å². The number of likely N-dealkylation sites (tertiary alicyclic amines) is 1. The molecule has 148 valence electrons. The molecule has 1 atom stereocenters. The molecule has 1 fully saturated rings. The van der Waals surface area contributed by atoms with Crippen molar-refractivity contribution in [3.05, 3.63) is 47.3 Å². The summed E-state index contributed by atoms with van der Waals surface area (Å²) in [6.45, 7) is 0.716. The van der Waals surface area contributed by atoms with Crippen LogP contribution in [-0.4, -0.2) is 59.5 Å². The highest BCUT2D eigenvalue weighted by Crippen LogP contribution is 2.31. The molecule has 29 heavy (non-hydrogen) atoms. The number of aliphatic hydroxyl groups is 1. The van der Waals surface area contributed by atoms with Crippen molar-refractivity contribution in [2.24, 2.45) is 7.05 Å². The molecule has 9 heteroatoms. The minimum absolute atomic E-state index is 0.0129. The van der Waals surface area contributed by atoms with Crippen molar-refractivity contribution >= 4 is 22.9 Å². The van der Waals surface area contributed by atoms with Crippen LogP contribution in [0.25, 0.3) is 27.9 Å². The molecule has 1 aliphatic heterocycles. The van der Waals surface area contributed by atoms with Crippen molar-refractivity contribution < 1.29 is 9.90 Å². The number of amides is 1. The average Bonchev–Trinajstić information content (AvgIpc) is 3.51. The zero-order valence-corrected chi connectivity index (χ0v) is 16.7. The molecule has 1 N–H and O–H groups in total. The zero-order chi connectivity index (χ0) is 20.0. The quantitative estimate of drug-likeness (QED) is 0.560. The van der Waals surface area contributed by atoms with Crippen LogP contribution in [0.5, 0.6) is 0 Å². The number of thiophene rings is 1. The van der Waals surface area contributed by atoms with Crippen LogP contribution < -0.4 is 0 Å². The van der Waals surface area contributed by atoms with Crippen molar-refractivity contribution in [3.8, 4) is 22.3 Å². The Morgan fingerprint density at radius 2 is 2.07 bits per heavy atom. The standard InChI is InChI=1S/C20H20N6O2S/c1-24-9-15(7-22-24)14-6-21-19-17(8-23-26(19)10-14)13-5-18(29-12-13)20(28)25-4-2-3-16(25)11-27/h5-10,12,16,27H,2-4,11H2,1H3/t16-/m0/s1. The first-order valence-corrected chi connectivity index (χ1v) is 10.3. The first-order valence-electron chi connectivity index (χ1n) is 9.47. The van der Waals surface area contributed by atoms with Crippen LogP contribution in [0.2, 0.25) is 0 Å². The number of aryl methyl sites for hydroxylation is 1. The molecule has 0 radical (unpaired) electrons. The number of aromatic nitrogens is 5. The molecule has 0 aromatic carbocycles. The molecule has 0 spiro atoms. The molecular formula is C20H20N6O2S. The lowest BCUT2D eigenvalue weighted by atomic mass is 10.1. The normalized spacial score (nSPS) is 16.8. The highest BCUT2D eigenvalue weighted by atomic mass is 32.1. The summed E-state index contributed by atoms with van der Waals surface area (Å²) in [4.78, 5) is 19.9. The molecular weight excluding hydrogens is 388 g/mol. The van der Waals surface area contributed by atoms with Gasteiger partial charge in [-0.3, -0.25) is 9.48 Å². The van der Waals surface area contributed by atoms with E-state index in [1.807, 2.05) is 37.1 Å². The molecule has 5 heterocycles. The molecule has 0 unspecified atom stereocenters. The van der Waals surface area contributed by atoms with Gasteiger partial charge in [0.2, 0.25) is 0 Å². The fourth-order valence-electron chi connectivity index (χ4n) is 3.82. The molecule has 1 saturated heterocycles. The van der Waals surface area contributed by atoms with Gasteiger partial charge in [-0.15, -0.1) is 11.3 Å². The van der Waals surface area contributed by atoms with E-state index in [4.69, 9.17) is 0 Å². The third-order valence-electron chi connectivity index (χ3n) is 5.36. The van der Waals surface area contributed by atoms with Crippen molar-refractivity contribution in [2.75, 3.05) is 13.2 Å². The Balaban J connectivity index is 1.45. The minimum atomic E-state index is -0.0717. The highest BCUT2D eigenvalue weighted by molar-refractivity contribution is 7.12. The van der Waals surface area contributed by atoms with Crippen LogP contribution >= 0.6 is 11.3 Å². The Kier molecular flexibility index (Phi) is 4.40. The number of nitrogens with zero attached hydrogens (tertiary/aromatic N) is 6. The molecule has 0 aliphatic carbocycles. The van der Waals surface area contributed by atoms with Crippen molar-refractivity contribution in [1.82, 2.24) is 29.3 Å². The molecule has 1 aliphatic rings. The number of fused-ring (bicyclic) bond motifs is 1. The second kappa shape index (κ2) is 7.09. The van der Waals surface area contributed by atoms with Crippen LogP contribution in [0, 0.1) is 0 Å². The first kappa shape index (κ1) is 18.0. The summed E-state index contributed by atoms with van der Waals surface area (Å²) in [5.41, 5.74) is 4.47. The van der Waals surface area contributed by atoms with E-state index < -0.39 is 0 Å². The van der Waals surface area contributed by atoms with Gasteiger partial charge in [-0.2, -0.15) is 10.2 Å². The van der Waals surface area contributed by atoms with Gasteiger partial charge in [0.1, 0.15) is 0 Å². The lowest BCUT2D eigenvalue weighted by Crippen LogP contribution is -2.37. The van der Waals surface area contributed by atoms with Crippen molar-refractivity contribution in [1.29, 1.82) is 0 Å². The molecule has 1 amide bonds. The third kappa shape index (κ3) is 3.12. The van der Waals surface area contributed by atoms with Crippen LogP contribution in [0.4, 0.5) is 0 Å². The summed E-state index contributed by atoms with van der Waals surface area (Å²) in [6, 6.07) is 1.82. The van der Waals surface area contributed by atoms with Gasteiger partial charge < -0.3 is 10.0 Å². The maximum atomic E-state index is 12.8. The number of carbonyl (C=O) groups is 1. The summed E-state index contributed by atoms with van der Waals surface area (Å²) in [5, 5.41) is 20.1. The van der Waals surface area contributed by atoms with Gasteiger partial charge >= 0.3 is 0 Å². The number of aliphatic hydroxyl groups excluding tert-OH is 1. The molecule has 4 aromatic rings. The summed E-state index contributed by atoms with van der Waals surface area (Å²) < 4.78 is 3.50. The van der Waals surface area contributed by atoms with Gasteiger partial charge in [-0.1, -0.05) is 0 Å². The molecule has 0 bridgehead atoms. The van der Waals surface area contributed by atoms with E-state index in [0.717, 1.165) is 40.7 Å². The lowest BCUT2D eigenvalue weighted by Gasteiger charge is -2.22. The Morgan fingerprint density at radius 3 is 2.86 bits per heavy atom. The van der Waals surface area contributed by atoms with E-state index in [1.54, 1.807) is 26.5 Å². The van der Waals surface area contributed by atoms with Gasteiger partial charge in [0, 0.05) is 48.9 Å². The summed E-state index contributed by atoms with van der Waals surface area (Å²) in [7, 11) is 1.88. The zero-order valence-electron chi connectivity index (χ0n) is 15.9. The van der Waals surface area contributed by atoms with Crippen LogP contribution in [-0.2, 0) is 7.05 Å². The van der Waals surface area contributed by atoms with E-state index in [2.05, 4.69) is 15.2 Å². The smallest absolute Gasteiger partial charge is 0.264 e. The number of rotatable bonds is 4. The lowest BCUT2D eigenvalue weighted by molar-refractivity contribution is 0.0682. The summed E-state index contributed by atoms with van der Waals surface area (Å²) >= 11 is 1.42. The average molecular weight is 408 g/mol. The first-order chi connectivity index (χ1) is 14.1. The maximum absolute atomic E-state index is 12.8. The third-order valence-corrected chi connectivity index (χ3v) is 6.28. The fraction of sp³-hybridized carbons (Fsp3) is 0.300. The van der Waals surface area contributed by atoms with E-state index in [0.29, 0.717) is 11.4 Å². The highest BCUT2D eigenvalue weighted by Gasteiger charge is 2.29. The predicted molar refractivity (Wildman–Crippen MR) is 110 cm³/mol. The monoisotopic (exact) mass is 408 g/mol. The van der Waals surface area contributed by atoms with E-state index in [9.17, 15) is 9.90 Å². The Hall–Kier alpha value is -3.04. The number of hydrogen-bond acceptors (Lipinski definition) is 6. The molecule has 5 rings (SSSR count). The molecule has 4 aromatic heterocycles. The van der Waals surface area contributed by atoms with Gasteiger partial charge in [-0.05, 0) is 29.9 Å². The Morgan fingerprint density at radius 1 is 1.21 bits per heavy atom. The Labute approximate surface area is 171 Å². The van der Waals surface area contributed by atoms with Gasteiger partial charge in [0.25, 0.3) is 5.91 Å². The minimum Gasteiger partial charge on any atom is -0.394 e. The topological polar surface area (TPSA) is 88.5 Å². The van der Waals surface area contributed by atoms with Gasteiger partial charge in [-0.25, -0.2) is 9.50 Å². The van der Waals surface area contributed by atoms with Crippen LogP contribution in [0.15, 0.2) is 42.4 Å². The van der Waals surface area contributed by atoms with Crippen molar-refractivity contribution in [2.45, 2.75) is 18.9 Å². The Bertz CT molecular complexity index is 1190. The van der Waals surface area contributed by atoms with E-state index in [1.165, 1.54) is 11.3 Å². The predicted octanol–water partition coefficient (Wildman–Crippen LogP) is 2.46. The summed E-state index contributed by atoms with van der Waals surface area (Å²) in [6.07, 6.45) is 11.0. The second-order valence-corrected chi connectivity index (χ2v) is 8.16. The maximum Gasteiger partial charge on any atom is 0.264 e. The number of hydrogen-bond donors (Lipinski definition) is 1. The SMILES string of the molecule is Cn1cc(-c2cnc3c(-c4csc(C(=O)N5CCC[C@H]5CO)c4)cnn3c2)cn1. The van der Waals surface area contributed by atoms with E-state index >= 15 is 0 Å². The molecule has 0 saturated carbocycles. The van der Waals surface area contributed by atoms with Crippen LogP contribution in [0.3, 0.4) is 0 Å². The molecule has 8 nitrogen and oxygen atoms in total. The van der Waals surface area contributed by atoms with Crippen LogP contribution in [0.1, 0.15) is 22.5 Å². The van der Waals surface area contributed by atoms with Gasteiger partial charge in [0.15, 0.2) is 5.65 Å². The second-order valence-electron chi connectivity index (χ2n) is 7.25. The fourth-order valence-corrected chi connectivity index (χ4v) is 4.68.